The molecule has 2 atom stereocenters. The number of piperidine rings is 1. The zero-order valence-electron chi connectivity index (χ0n) is 9.15. The summed E-state index contributed by atoms with van der Waals surface area (Å²) in [6.45, 7) is 0. The maximum Gasteiger partial charge on any atom is 0.00729 e. The van der Waals surface area contributed by atoms with Gasteiger partial charge < -0.3 is 5.32 Å². The highest BCUT2D eigenvalue weighted by Gasteiger charge is 2.33. The molecule has 0 radical (unpaired) electrons. The topological polar surface area (TPSA) is 12.0 Å². The number of hydrogen-bond donors (Lipinski definition) is 1. The van der Waals surface area contributed by atoms with Crippen LogP contribution in [0.4, 0.5) is 0 Å². The smallest absolute Gasteiger partial charge is 0.00729 e. The molecular weight excluding hydrogens is 182 g/mol. The van der Waals surface area contributed by atoms with Crippen LogP contribution < -0.4 is 5.32 Å². The molecule has 0 saturated carbocycles. The lowest BCUT2D eigenvalue weighted by molar-refractivity contribution is 0.298. The Labute approximate surface area is 91.9 Å². The average Bonchev–Trinajstić information content (AvgIpc) is 2.60. The van der Waals surface area contributed by atoms with Crippen molar-refractivity contribution in [3.05, 3.63) is 35.9 Å². The normalized spacial score (nSPS) is 34.3. The molecule has 1 aromatic carbocycles. The van der Waals surface area contributed by atoms with Crippen LogP contribution in [-0.4, -0.2) is 12.1 Å². The second kappa shape index (κ2) is 3.97. The third kappa shape index (κ3) is 2.07. The van der Waals surface area contributed by atoms with Gasteiger partial charge in [0.25, 0.3) is 0 Å². The fraction of sp³-hybridized carbons (Fsp3) is 0.571. The van der Waals surface area contributed by atoms with Gasteiger partial charge in [-0.15, -0.1) is 0 Å². The molecule has 3 rings (SSSR count). The fourth-order valence-electron chi connectivity index (χ4n) is 3.29. The third-order valence-corrected chi connectivity index (χ3v) is 3.94. The lowest BCUT2D eigenvalue weighted by atomic mass is 9.87. The Morgan fingerprint density at radius 2 is 1.67 bits per heavy atom. The van der Waals surface area contributed by atoms with Crippen molar-refractivity contribution in [2.75, 3.05) is 0 Å². The van der Waals surface area contributed by atoms with E-state index in [0.29, 0.717) is 0 Å². The number of benzene rings is 1. The van der Waals surface area contributed by atoms with E-state index in [2.05, 4.69) is 35.6 Å². The Morgan fingerprint density at radius 3 is 2.33 bits per heavy atom. The average molecular weight is 201 g/mol. The monoisotopic (exact) mass is 201 g/mol. The minimum absolute atomic E-state index is 0.831. The second-order valence-corrected chi connectivity index (χ2v) is 5.17. The van der Waals surface area contributed by atoms with Crippen LogP contribution in [0, 0.1) is 5.92 Å². The van der Waals surface area contributed by atoms with E-state index in [0.717, 1.165) is 18.0 Å². The predicted molar refractivity (Wildman–Crippen MR) is 62.8 cm³/mol. The maximum atomic E-state index is 3.71. The molecule has 1 heteroatoms. The van der Waals surface area contributed by atoms with Crippen LogP contribution in [0.15, 0.2) is 30.3 Å². The van der Waals surface area contributed by atoms with Gasteiger partial charge in [-0.05, 0) is 43.6 Å². The van der Waals surface area contributed by atoms with E-state index in [-0.39, 0.29) is 0 Å². The molecule has 2 aliphatic rings. The van der Waals surface area contributed by atoms with Crippen molar-refractivity contribution in [2.45, 2.75) is 44.2 Å². The number of hydrogen-bond acceptors (Lipinski definition) is 1. The van der Waals surface area contributed by atoms with Crippen molar-refractivity contribution in [3.63, 3.8) is 0 Å². The molecule has 80 valence electrons. The summed E-state index contributed by atoms with van der Waals surface area (Å²) in [5, 5.41) is 3.71. The standard InChI is InChI=1S/C14H19N/c1-2-4-11(5-3-1)8-12-9-13-6-7-14(10-12)15-13/h1-5,12-15H,6-10H2. The summed E-state index contributed by atoms with van der Waals surface area (Å²) in [6.07, 6.45) is 6.90. The first-order valence-electron chi connectivity index (χ1n) is 6.20. The molecule has 2 fully saturated rings. The van der Waals surface area contributed by atoms with E-state index in [1.54, 1.807) is 0 Å². The molecule has 2 saturated heterocycles. The van der Waals surface area contributed by atoms with Gasteiger partial charge in [-0.2, -0.15) is 0 Å². The highest BCUT2D eigenvalue weighted by molar-refractivity contribution is 5.15. The first-order valence-corrected chi connectivity index (χ1v) is 6.20. The molecule has 0 amide bonds. The first-order chi connectivity index (χ1) is 7.40. The van der Waals surface area contributed by atoms with Gasteiger partial charge in [-0.25, -0.2) is 0 Å². The number of rotatable bonds is 2. The molecule has 0 aliphatic carbocycles. The lowest BCUT2D eigenvalue weighted by Crippen LogP contribution is -2.38. The highest BCUT2D eigenvalue weighted by atomic mass is 15.0. The Morgan fingerprint density at radius 1 is 1.00 bits per heavy atom. The summed E-state index contributed by atoms with van der Waals surface area (Å²) in [5.74, 6) is 0.922. The summed E-state index contributed by atoms with van der Waals surface area (Å²) in [6, 6.07) is 12.6. The summed E-state index contributed by atoms with van der Waals surface area (Å²) in [5.41, 5.74) is 1.52. The van der Waals surface area contributed by atoms with Crippen LogP contribution in [0.3, 0.4) is 0 Å². The molecule has 1 nitrogen and oxygen atoms in total. The van der Waals surface area contributed by atoms with Crippen LogP contribution in [0.5, 0.6) is 0 Å². The van der Waals surface area contributed by atoms with E-state index in [1.807, 2.05) is 0 Å². The van der Waals surface area contributed by atoms with Gasteiger partial charge >= 0.3 is 0 Å². The Bertz CT molecular complexity index is 307. The van der Waals surface area contributed by atoms with Gasteiger partial charge in [0, 0.05) is 12.1 Å². The number of nitrogens with one attached hydrogen (secondary N) is 1. The van der Waals surface area contributed by atoms with E-state index in [9.17, 15) is 0 Å². The van der Waals surface area contributed by atoms with Crippen LogP contribution >= 0.6 is 0 Å². The molecular formula is C14H19N. The van der Waals surface area contributed by atoms with E-state index < -0.39 is 0 Å². The van der Waals surface area contributed by atoms with Crippen molar-refractivity contribution in [1.29, 1.82) is 0 Å². The summed E-state index contributed by atoms with van der Waals surface area (Å²) < 4.78 is 0. The Balaban J connectivity index is 1.65. The number of fused-ring (bicyclic) bond motifs is 2. The van der Waals surface area contributed by atoms with Gasteiger partial charge in [0.05, 0.1) is 0 Å². The predicted octanol–water partition coefficient (Wildman–Crippen LogP) is 2.76. The lowest BCUT2D eigenvalue weighted by Gasteiger charge is -2.29. The molecule has 2 aliphatic heterocycles. The Kier molecular flexibility index (Phi) is 2.49. The zero-order valence-corrected chi connectivity index (χ0v) is 9.15. The molecule has 2 heterocycles. The van der Waals surface area contributed by atoms with Crippen molar-refractivity contribution in [2.24, 2.45) is 5.92 Å². The minimum Gasteiger partial charge on any atom is -0.311 e. The van der Waals surface area contributed by atoms with Gasteiger partial charge in [-0.1, -0.05) is 30.3 Å². The van der Waals surface area contributed by atoms with Crippen molar-refractivity contribution >= 4 is 0 Å². The van der Waals surface area contributed by atoms with Crippen LogP contribution in [-0.2, 0) is 6.42 Å². The van der Waals surface area contributed by atoms with Gasteiger partial charge in [0.15, 0.2) is 0 Å². The summed E-state index contributed by atoms with van der Waals surface area (Å²) >= 11 is 0. The van der Waals surface area contributed by atoms with Crippen molar-refractivity contribution in [1.82, 2.24) is 5.32 Å². The molecule has 2 unspecified atom stereocenters. The Hall–Kier alpha value is -0.820. The fourth-order valence-corrected chi connectivity index (χ4v) is 3.29. The van der Waals surface area contributed by atoms with Crippen molar-refractivity contribution in [3.8, 4) is 0 Å². The molecule has 1 aromatic rings. The quantitative estimate of drug-likeness (QED) is 0.776. The van der Waals surface area contributed by atoms with Gasteiger partial charge in [-0.3, -0.25) is 0 Å². The van der Waals surface area contributed by atoms with E-state index in [1.165, 1.54) is 37.7 Å². The highest BCUT2D eigenvalue weighted by Crippen LogP contribution is 2.32. The summed E-state index contributed by atoms with van der Waals surface area (Å²) in [4.78, 5) is 0. The molecule has 0 aromatic heterocycles. The first kappa shape index (κ1) is 9.41. The van der Waals surface area contributed by atoms with E-state index >= 15 is 0 Å². The SMILES string of the molecule is c1ccc(CC2CC3CCC(C2)N3)cc1. The van der Waals surface area contributed by atoms with E-state index in [4.69, 9.17) is 0 Å². The second-order valence-electron chi connectivity index (χ2n) is 5.17. The molecule has 15 heavy (non-hydrogen) atoms. The van der Waals surface area contributed by atoms with Crippen LogP contribution in [0.25, 0.3) is 0 Å². The molecule has 1 N–H and O–H groups in total. The zero-order chi connectivity index (χ0) is 10.1. The van der Waals surface area contributed by atoms with Crippen molar-refractivity contribution < 1.29 is 0 Å². The molecule has 0 spiro atoms. The molecule has 2 bridgehead atoms. The van der Waals surface area contributed by atoms with Gasteiger partial charge in [0.1, 0.15) is 0 Å². The van der Waals surface area contributed by atoms with Crippen LogP contribution in [0.1, 0.15) is 31.2 Å². The third-order valence-electron chi connectivity index (χ3n) is 3.94. The minimum atomic E-state index is 0.831. The van der Waals surface area contributed by atoms with Gasteiger partial charge in [0.2, 0.25) is 0 Å². The maximum absolute atomic E-state index is 3.71. The largest absolute Gasteiger partial charge is 0.311 e. The van der Waals surface area contributed by atoms with Crippen LogP contribution in [0.2, 0.25) is 0 Å². The summed E-state index contributed by atoms with van der Waals surface area (Å²) in [7, 11) is 0.